The van der Waals surface area contributed by atoms with Crippen LogP contribution in [-0.4, -0.2) is 14.2 Å². The Morgan fingerprint density at radius 2 is 1.19 bits per heavy atom. The average Bonchev–Trinajstić information content (AvgIpc) is 2.90. The van der Waals surface area contributed by atoms with Crippen LogP contribution in [0.2, 0.25) is 5.02 Å². The Bertz CT molecular complexity index is 911. The van der Waals surface area contributed by atoms with E-state index in [0.717, 1.165) is 24.3 Å². The van der Waals surface area contributed by atoms with Crippen LogP contribution < -0.4 is 9.47 Å². The first-order valence-corrected chi connectivity index (χ1v) is 12.6. The molecule has 0 atom stereocenters. The topological polar surface area (TPSA) is 18.5 Å². The molecule has 0 N–H and O–H groups in total. The summed E-state index contributed by atoms with van der Waals surface area (Å²) in [6.07, 6.45) is 3.85. The van der Waals surface area contributed by atoms with Gasteiger partial charge in [-0.2, -0.15) is 13.2 Å². The minimum atomic E-state index is -4.30. The maximum atomic E-state index is 12.0. The van der Waals surface area contributed by atoms with E-state index in [9.17, 15) is 13.2 Å². The van der Waals surface area contributed by atoms with Crippen molar-refractivity contribution in [2.45, 2.75) is 65.5 Å². The van der Waals surface area contributed by atoms with Gasteiger partial charge in [0.05, 0.1) is 19.8 Å². The number of hydrogen-bond donors (Lipinski definition) is 0. The predicted octanol–water partition coefficient (Wildman–Crippen LogP) is 10.3. The SMILES string of the molecule is CCCCCCC.CCc1ccccc1.COc1cccc(C(F)(F)F)c1.COc1cccc(Cl)c1. The quantitative estimate of drug-likeness (QED) is 0.286. The molecule has 0 saturated carbocycles. The minimum Gasteiger partial charge on any atom is -0.497 e. The van der Waals surface area contributed by atoms with Crippen molar-refractivity contribution in [2.75, 3.05) is 14.2 Å². The first-order chi connectivity index (χ1) is 17.2. The van der Waals surface area contributed by atoms with E-state index in [1.807, 2.05) is 24.3 Å². The maximum Gasteiger partial charge on any atom is 0.416 e. The molecule has 6 heteroatoms. The average molecular weight is 525 g/mol. The fourth-order valence-electron chi connectivity index (χ4n) is 2.78. The third kappa shape index (κ3) is 16.9. The van der Waals surface area contributed by atoms with E-state index in [4.69, 9.17) is 16.3 Å². The van der Waals surface area contributed by atoms with Gasteiger partial charge in [0.1, 0.15) is 11.5 Å². The van der Waals surface area contributed by atoms with Gasteiger partial charge >= 0.3 is 6.18 Å². The largest absolute Gasteiger partial charge is 0.497 e. The number of unbranched alkanes of at least 4 members (excludes halogenated alkanes) is 4. The van der Waals surface area contributed by atoms with Crippen molar-refractivity contribution in [2.24, 2.45) is 0 Å². The maximum absolute atomic E-state index is 12.0. The smallest absolute Gasteiger partial charge is 0.416 e. The molecule has 0 spiro atoms. The lowest BCUT2D eigenvalue weighted by Crippen LogP contribution is -2.04. The molecule has 3 aromatic rings. The van der Waals surface area contributed by atoms with Crippen molar-refractivity contribution in [1.82, 2.24) is 0 Å². The number of halogens is 4. The Morgan fingerprint density at radius 3 is 1.58 bits per heavy atom. The van der Waals surface area contributed by atoms with E-state index < -0.39 is 11.7 Å². The van der Waals surface area contributed by atoms with Gasteiger partial charge < -0.3 is 9.47 Å². The fraction of sp³-hybridized carbons (Fsp3) is 0.400. The van der Waals surface area contributed by atoms with Gasteiger partial charge in [0, 0.05) is 5.02 Å². The Balaban J connectivity index is 0.000000464. The van der Waals surface area contributed by atoms with Crippen molar-refractivity contribution >= 4 is 11.6 Å². The molecule has 0 aromatic heterocycles. The second-order valence-corrected chi connectivity index (χ2v) is 8.23. The van der Waals surface area contributed by atoms with Crippen LogP contribution in [0.5, 0.6) is 11.5 Å². The number of benzene rings is 3. The molecule has 0 aliphatic carbocycles. The predicted molar refractivity (Wildman–Crippen MR) is 146 cm³/mol. The van der Waals surface area contributed by atoms with Crippen LogP contribution in [0.4, 0.5) is 13.2 Å². The summed E-state index contributed by atoms with van der Waals surface area (Å²) >= 11 is 5.64. The van der Waals surface area contributed by atoms with Gasteiger partial charge in [-0.25, -0.2) is 0 Å². The van der Waals surface area contributed by atoms with E-state index in [1.54, 1.807) is 13.2 Å². The minimum absolute atomic E-state index is 0.213. The van der Waals surface area contributed by atoms with Gasteiger partial charge in [-0.1, -0.05) is 107 Å². The van der Waals surface area contributed by atoms with Crippen LogP contribution in [-0.2, 0) is 12.6 Å². The number of alkyl halides is 3. The molecule has 0 fully saturated rings. The molecular formula is C30H40ClF3O2. The Hall–Kier alpha value is -2.66. The number of hydrogen-bond acceptors (Lipinski definition) is 2. The first-order valence-electron chi connectivity index (χ1n) is 12.3. The second-order valence-electron chi connectivity index (χ2n) is 7.79. The molecule has 3 aromatic carbocycles. The zero-order valence-electron chi connectivity index (χ0n) is 22.1. The molecule has 0 aliphatic rings. The van der Waals surface area contributed by atoms with Gasteiger partial charge in [-0.15, -0.1) is 0 Å². The lowest BCUT2D eigenvalue weighted by atomic mass is 10.2. The molecule has 0 bridgehead atoms. The molecule has 0 radical (unpaired) electrons. The highest BCUT2D eigenvalue weighted by atomic mass is 35.5. The number of rotatable bonds is 7. The van der Waals surface area contributed by atoms with Gasteiger partial charge in [0.2, 0.25) is 0 Å². The molecule has 0 unspecified atom stereocenters. The highest BCUT2D eigenvalue weighted by Gasteiger charge is 2.30. The van der Waals surface area contributed by atoms with Crippen LogP contribution in [0.25, 0.3) is 0 Å². The summed E-state index contributed by atoms with van der Waals surface area (Å²) in [4.78, 5) is 0. The molecular weight excluding hydrogens is 485 g/mol. The van der Waals surface area contributed by atoms with Crippen molar-refractivity contribution in [1.29, 1.82) is 0 Å². The molecule has 0 heterocycles. The summed E-state index contributed by atoms with van der Waals surface area (Å²) in [7, 11) is 2.95. The number of ether oxygens (including phenoxy) is 2. The lowest BCUT2D eigenvalue weighted by Gasteiger charge is -2.07. The molecule has 200 valence electrons. The van der Waals surface area contributed by atoms with Gasteiger partial charge in [0.25, 0.3) is 0 Å². The number of aryl methyl sites for hydroxylation is 1. The summed E-state index contributed by atoms with van der Waals surface area (Å²) < 4.78 is 45.7. The molecule has 0 aliphatic heterocycles. The molecule has 0 saturated heterocycles. The lowest BCUT2D eigenvalue weighted by molar-refractivity contribution is -0.137. The van der Waals surface area contributed by atoms with Gasteiger partial charge in [-0.3, -0.25) is 0 Å². The normalized spacial score (nSPS) is 9.92. The Morgan fingerprint density at radius 1 is 0.667 bits per heavy atom. The summed E-state index contributed by atoms with van der Waals surface area (Å²) in [6, 6.07) is 22.5. The third-order valence-electron chi connectivity index (χ3n) is 4.89. The van der Waals surface area contributed by atoms with E-state index in [1.165, 1.54) is 56.9 Å². The number of methoxy groups -OCH3 is 2. The van der Waals surface area contributed by atoms with Gasteiger partial charge in [0.15, 0.2) is 0 Å². The monoisotopic (exact) mass is 524 g/mol. The summed E-state index contributed by atoms with van der Waals surface area (Å²) in [5.74, 6) is 1.01. The van der Waals surface area contributed by atoms with E-state index >= 15 is 0 Å². The van der Waals surface area contributed by atoms with Crippen molar-refractivity contribution in [3.8, 4) is 11.5 Å². The standard InChI is InChI=1S/C8H7F3O.C8H10.C7H7ClO.C7H16/c1-12-7-4-2-3-6(5-7)8(9,10)11;1-2-8-6-4-3-5-7-8;1-9-7-4-2-3-6(8)5-7;1-3-5-7-6-4-2/h2-5H,1H3;3-7H,2H2,1H3;2-5H,1H3;3-7H2,1-2H3. The summed E-state index contributed by atoms with van der Waals surface area (Å²) in [6.45, 7) is 6.65. The molecule has 36 heavy (non-hydrogen) atoms. The molecule has 3 rings (SSSR count). The highest BCUT2D eigenvalue weighted by molar-refractivity contribution is 6.30. The highest BCUT2D eigenvalue weighted by Crippen LogP contribution is 2.31. The Kier molecular flexibility index (Phi) is 19.0. The van der Waals surface area contributed by atoms with Crippen LogP contribution in [0.1, 0.15) is 64.0 Å². The summed E-state index contributed by atoms with van der Waals surface area (Å²) in [5.41, 5.74) is 0.717. The molecule has 0 amide bonds. The van der Waals surface area contributed by atoms with E-state index in [2.05, 4.69) is 49.8 Å². The van der Waals surface area contributed by atoms with Crippen LogP contribution >= 0.6 is 11.6 Å². The van der Waals surface area contributed by atoms with Crippen molar-refractivity contribution < 1.29 is 22.6 Å². The van der Waals surface area contributed by atoms with Crippen LogP contribution in [0, 0.1) is 0 Å². The zero-order chi connectivity index (χ0) is 27.2. The van der Waals surface area contributed by atoms with Crippen molar-refractivity contribution in [3.63, 3.8) is 0 Å². The van der Waals surface area contributed by atoms with Crippen molar-refractivity contribution in [3.05, 3.63) is 95.0 Å². The van der Waals surface area contributed by atoms with E-state index in [-0.39, 0.29) is 5.75 Å². The van der Waals surface area contributed by atoms with E-state index in [0.29, 0.717) is 5.02 Å². The van der Waals surface area contributed by atoms with Crippen LogP contribution in [0.15, 0.2) is 78.9 Å². The second kappa shape index (κ2) is 20.5. The third-order valence-corrected chi connectivity index (χ3v) is 5.12. The Labute approximate surface area is 220 Å². The molecule has 2 nitrogen and oxygen atoms in total. The fourth-order valence-corrected chi connectivity index (χ4v) is 2.96. The van der Waals surface area contributed by atoms with Crippen LogP contribution in [0.3, 0.4) is 0 Å². The van der Waals surface area contributed by atoms with Gasteiger partial charge in [-0.05, 0) is 48.4 Å². The zero-order valence-corrected chi connectivity index (χ0v) is 22.8. The first kappa shape index (κ1) is 33.3. The summed E-state index contributed by atoms with van der Waals surface area (Å²) in [5, 5.41) is 0.703.